The molecule has 1 rings (SSSR count). The normalized spacial score (nSPS) is 9.47. The molecule has 0 bridgehead atoms. The Kier molecular flexibility index (Phi) is 5.61. The van der Waals surface area contributed by atoms with Crippen LogP contribution in [0.2, 0.25) is 0 Å². The summed E-state index contributed by atoms with van der Waals surface area (Å²) in [6, 6.07) is 7.45. The maximum atomic E-state index is 11.7. The van der Waals surface area contributed by atoms with E-state index in [0.717, 1.165) is 18.4 Å². The van der Waals surface area contributed by atoms with Crippen LogP contribution in [-0.4, -0.2) is 19.0 Å². The number of rotatable bonds is 6. The van der Waals surface area contributed by atoms with Gasteiger partial charge in [-0.25, -0.2) is 0 Å². The molecule has 17 heavy (non-hydrogen) atoms. The zero-order valence-corrected chi connectivity index (χ0v) is 9.89. The third-order valence-corrected chi connectivity index (χ3v) is 2.35. The number of unbranched alkanes of at least 4 members (excludes halogenated alkanes) is 1. The summed E-state index contributed by atoms with van der Waals surface area (Å²) in [6.45, 7) is 3.07. The molecule has 1 amide bonds. The van der Waals surface area contributed by atoms with Crippen LogP contribution in [0.5, 0.6) is 0 Å². The van der Waals surface area contributed by atoms with E-state index in [-0.39, 0.29) is 5.91 Å². The number of aryl methyl sites for hydroxylation is 1. The molecule has 0 aliphatic rings. The monoisotopic (exact) mass is 232 g/mol. The SMILES string of the molecule is Cc1ccc(C(=O)NCCCCN=[N+]=[N-])cc1. The zero-order chi connectivity index (χ0) is 12.5. The standard InChI is InChI=1S/C12H16N4O/c1-10-4-6-11(7-5-10)12(17)14-8-2-3-9-15-16-13/h4-7H,2-3,8-9H2,1H3,(H,14,17). The molecule has 0 fully saturated rings. The van der Waals surface area contributed by atoms with Crippen LogP contribution >= 0.6 is 0 Å². The molecule has 0 atom stereocenters. The molecule has 1 N–H and O–H groups in total. The van der Waals surface area contributed by atoms with Crippen molar-refractivity contribution in [3.8, 4) is 0 Å². The Hall–Kier alpha value is -2.00. The Morgan fingerprint density at radius 2 is 2.06 bits per heavy atom. The van der Waals surface area contributed by atoms with Crippen LogP contribution in [0.15, 0.2) is 29.4 Å². The van der Waals surface area contributed by atoms with Gasteiger partial charge in [0.1, 0.15) is 0 Å². The summed E-state index contributed by atoms with van der Waals surface area (Å²) < 4.78 is 0. The Balaban J connectivity index is 2.25. The van der Waals surface area contributed by atoms with E-state index in [0.29, 0.717) is 18.7 Å². The van der Waals surface area contributed by atoms with Crippen molar-refractivity contribution >= 4 is 5.91 Å². The quantitative estimate of drug-likeness (QED) is 0.348. The number of azide groups is 1. The van der Waals surface area contributed by atoms with Crippen LogP contribution in [0.1, 0.15) is 28.8 Å². The highest BCUT2D eigenvalue weighted by Crippen LogP contribution is 2.02. The van der Waals surface area contributed by atoms with Crippen LogP contribution in [0.4, 0.5) is 0 Å². The van der Waals surface area contributed by atoms with Gasteiger partial charge in [-0.05, 0) is 37.4 Å². The molecule has 0 saturated carbocycles. The number of amides is 1. The number of hydrogen-bond donors (Lipinski definition) is 1. The van der Waals surface area contributed by atoms with Gasteiger partial charge in [-0.15, -0.1) is 0 Å². The number of carbonyl (C=O) groups is 1. The summed E-state index contributed by atoms with van der Waals surface area (Å²) >= 11 is 0. The minimum Gasteiger partial charge on any atom is -0.352 e. The highest BCUT2D eigenvalue weighted by atomic mass is 16.1. The predicted octanol–water partition coefficient (Wildman–Crippen LogP) is 2.82. The molecular weight excluding hydrogens is 216 g/mol. The highest BCUT2D eigenvalue weighted by molar-refractivity contribution is 5.94. The lowest BCUT2D eigenvalue weighted by molar-refractivity contribution is 0.0953. The van der Waals surface area contributed by atoms with E-state index in [1.165, 1.54) is 0 Å². The summed E-state index contributed by atoms with van der Waals surface area (Å²) in [7, 11) is 0. The summed E-state index contributed by atoms with van der Waals surface area (Å²) in [5, 5.41) is 6.25. The Morgan fingerprint density at radius 1 is 1.35 bits per heavy atom. The highest BCUT2D eigenvalue weighted by Gasteiger charge is 2.02. The topological polar surface area (TPSA) is 77.9 Å². The van der Waals surface area contributed by atoms with Gasteiger partial charge in [0.15, 0.2) is 0 Å². The summed E-state index contributed by atoms with van der Waals surface area (Å²) in [4.78, 5) is 14.3. The van der Waals surface area contributed by atoms with Crippen LogP contribution in [0, 0.1) is 6.92 Å². The molecular formula is C12H16N4O. The van der Waals surface area contributed by atoms with Crippen molar-refractivity contribution in [3.63, 3.8) is 0 Å². The van der Waals surface area contributed by atoms with Gasteiger partial charge in [0.2, 0.25) is 0 Å². The van der Waals surface area contributed by atoms with E-state index >= 15 is 0 Å². The van der Waals surface area contributed by atoms with Gasteiger partial charge in [0.25, 0.3) is 5.91 Å². The lowest BCUT2D eigenvalue weighted by atomic mass is 10.1. The smallest absolute Gasteiger partial charge is 0.251 e. The number of hydrogen-bond acceptors (Lipinski definition) is 2. The van der Waals surface area contributed by atoms with Gasteiger partial charge in [-0.3, -0.25) is 4.79 Å². The minimum atomic E-state index is -0.0613. The van der Waals surface area contributed by atoms with Gasteiger partial charge in [0, 0.05) is 23.6 Å². The molecule has 0 unspecified atom stereocenters. The molecule has 1 aromatic carbocycles. The zero-order valence-electron chi connectivity index (χ0n) is 9.89. The molecule has 0 aliphatic heterocycles. The molecule has 1 aromatic rings. The fourth-order valence-corrected chi connectivity index (χ4v) is 1.36. The van der Waals surface area contributed by atoms with E-state index in [4.69, 9.17) is 5.53 Å². The van der Waals surface area contributed by atoms with Crippen LogP contribution in [0.25, 0.3) is 10.4 Å². The lowest BCUT2D eigenvalue weighted by Gasteiger charge is -2.04. The van der Waals surface area contributed by atoms with E-state index in [1.807, 2.05) is 31.2 Å². The molecule has 0 aromatic heterocycles. The third kappa shape index (κ3) is 5.04. The average Bonchev–Trinajstić information content (AvgIpc) is 2.34. The van der Waals surface area contributed by atoms with Crippen molar-refractivity contribution < 1.29 is 4.79 Å². The first-order valence-electron chi connectivity index (χ1n) is 5.60. The summed E-state index contributed by atoms with van der Waals surface area (Å²) in [5.41, 5.74) is 9.88. The molecule has 0 radical (unpaired) electrons. The Labute approximate surface area is 100 Å². The van der Waals surface area contributed by atoms with Crippen LogP contribution in [0.3, 0.4) is 0 Å². The molecule has 0 heterocycles. The van der Waals surface area contributed by atoms with Crippen molar-refractivity contribution in [1.82, 2.24) is 5.32 Å². The van der Waals surface area contributed by atoms with Crippen molar-refractivity contribution in [1.29, 1.82) is 0 Å². The fourth-order valence-electron chi connectivity index (χ4n) is 1.36. The fraction of sp³-hybridized carbons (Fsp3) is 0.417. The van der Waals surface area contributed by atoms with E-state index in [2.05, 4.69) is 15.3 Å². The number of nitrogens with one attached hydrogen (secondary N) is 1. The summed E-state index contributed by atoms with van der Waals surface area (Å²) in [5.74, 6) is -0.0613. The van der Waals surface area contributed by atoms with Crippen molar-refractivity contribution in [2.24, 2.45) is 5.11 Å². The van der Waals surface area contributed by atoms with E-state index < -0.39 is 0 Å². The first kappa shape index (κ1) is 13.1. The molecule has 0 saturated heterocycles. The second-order valence-corrected chi connectivity index (χ2v) is 3.78. The second kappa shape index (κ2) is 7.30. The van der Waals surface area contributed by atoms with Crippen LogP contribution < -0.4 is 5.32 Å². The maximum Gasteiger partial charge on any atom is 0.251 e. The van der Waals surface area contributed by atoms with Crippen molar-refractivity contribution in [2.75, 3.05) is 13.1 Å². The number of carbonyl (C=O) groups excluding carboxylic acids is 1. The van der Waals surface area contributed by atoms with Gasteiger partial charge in [-0.1, -0.05) is 22.8 Å². The maximum absolute atomic E-state index is 11.7. The Morgan fingerprint density at radius 3 is 2.71 bits per heavy atom. The largest absolute Gasteiger partial charge is 0.352 e. The van der Waals surface area contributed by atoms with Crippen LogP contribution in [-0.2, 0) is 0 Å². The van der Waals surface area contributed by atoms with Gasteiger partial charge in [0.05, 0.1) is 0 Å². The van der Waals surface area contributed by atoms with E-state index in [9.17, 15) is 4.79 Å². The third-order valence-electron chi connectivity index (χ3n) is 2.35. The first-order valence-corrected chi connectivity index (χ1v) is 5.60. The molecule has 0 aliphatic carbocycles. The average molecular weight is 232 g/mol. The van der Waals surface area contributed by atoms with Gasteiger partial charge >= 0.3 is 0 Å². The number of benzene rings is 1. The number of nitrogens with zero attached hydrogens (tertiary/aromatic N) is 3. The lowest BCUT2D eigenvalue weighted by Crippen LogP contribution is -2.24. The second-order valence-electron chi connectivity index (χ2n) is 3.78. The molecule has 5 nitrogen and oxygen atoms in total. The molecule has 0 spiro atoms. The predicted molar refractivity (Wildman–Crippen MR) is 66.8 cm³/mol. The first-order chi connectivity index (χ1) is 8.24. The van der Waals surface area contributed by atoms with Crippen molar-refractivity contribution in [3.05, 3.63) is 45.8 Å². The minimum absolute atomic E-state index is 0.0613. The van der Waals surface area contributed by atoms with E-state index in [1.54, 1.807) is 0 Å². The van der Waals surface area contributed by atoms with Gasteiger partial charge < -0.3 is 5.32 Å². The van der Waals surface area contributed by atoms with Crippen molar-refractivity contribution in [2.45, 2.75) is 19.8 Å². The van der Waals surface area contributed by atoms with Gasteiger partial charge in [-0.2, -0.15) is 0 Å². The molecule has 90 valence electrons. The summed E-state index contributed by atoms with van der Waals surface area (Å²) in [6.07, 6.45) is 1.61. The molecule has 5 heteroatoms. The Bertz CT molecular complexity index is 407.